The van der Waals surface area contributed by atoms with E-state index in [2.05, 4.69) is 15.1 Å². The van der Waals surface area contributed by atoms with E-state index in [0.29, 0.717) is 18.9 Å². The maximum atomic E-state index is 12.5. The molecule has 134 valence electrons. The Morgan fingerprint density at radius 2 is 2.28 bits per heavy atom. The third kappa shape index (κ3) is 4.65. The van der Waals surface area contributed by atoms with Gasteiger partial charge in [0, 0.05) is 43.2 Å². The molecule has 1 amide bonds. The molecule has 3 heterocycles. The van der Waals surface area contributed by atoms with E-state index in [9.17, 15) is 4.79 Å². The van der Waals surface area contributed by atoms with Gasteiger partial charge >= 0.3 is 0 Å². The average Bonchev–Trinajstić information content (AvgIpc) is 3.13. The number of hydrogen-bond acceptors (Lipinski definition) is 5. The predicted molar refractivity (Wildman–Crippen MR) is 94.1 cm³/mol. The van der Waals surface area contributed by atoms with Gasteiger partial charge in [0.05, 0.1) is 0 Å². The average molecular weight is 342 g/mol. The lowest BCUT2D eigenvalue weighted by Gasteiger charge is -2.31. The van der Waals surface area contributed by atoms with Crippen LogP contribution in [0.4, 0.5) is 0 Å². The third-order valence-corrected chi connectivity index (χ3v) is 4.64. The summed E-state index contributed by atoms with van der Waals surface area (Å²) in [5, 5.41) is 4.12. The number of piperidine rings is 1. The molecule has 1 aliphatic heterocycles. The fourth-order valence-electron chi connectivity index (χ4n) is 3.19. The minimum Gasteiger partial charge on any atom is -0.342 e. The van der Waals surface area contributed by atoms with E-state index in [1.54, 1.807) is 6.20 Å². The topological polar surface area (TPSA) is 72.1 Å². The van der Waals surface area contributed by atoms with Crippen LogP contribution in [-0.4, -0.2) is 39.0 Å². The summed E-state index contributed by atoms with van der Waals surface area (Å²) in [4.78, 5) is 23.3. The fraction of sp³-hybridized carbons (Fsp3) is 0.579. The summed E-state index contributed by atoms with van der Waals surface area (Å²) in [6.07, 6.45) is 6.02. The molecule has 1 aliphatic rings. The lowest BCUT2D eigenvalue weighted by atomic mass is 9.97. The van der Waals surface area contributed by atoms with E-state index in [1.807, 2.05) is 36.9 Å². The Labute approximate surface area is 148 Å². The molecule has 0 bridgehead atoms. The number of likely N-dealkylation sites (tertiary alicyclic amines) is 1. The molecule has 2 aromatic rings. The maximum Gasteiger partial charge on any atom is 0.229 e. The highest BCUT2D eigenvalue weighted by molar-refractivity contribution is 5.76. The van der Waals surface area contributed by atoms with Crippen molar-refractivity contribution in [2.45, 2.75) is 57.8 Å². The number of aryl methyl sites for hydroxylation is 1. The minimum atomic E-state index is 0.185. The Hall–Kier alpha value is -2.24. The summed E-state index contributed by atoms with van der Waals surface area (Å²) in [5.41, 5.74) is 1.04. The zero-order valence-electron chi connectivity index (χ0n) is 15.0. The Bertz CT molecular complexity index is 684. The summed E-state index contributed by atoms with van der Waals surface area (Å²) in [6, 6.07) is 5.89. The van der Waals surface area contributed by atoms with E-state index < -0.39 is 0 Å². The van der Waals surface area contributed by atoms with Gasteiger partial charge in [-0.15, -0.1) is 0 Å². The highest BCUT2D eigenvalue weighted by Crippen LogP contribution is 2.26. The normalized spacial score (nSPS) is 17.9. The molecule has 0 aliphatic carbocycles. The molecule has 25 heavy (non-hydrogen) atoms. The quantitative estimate of drug-likeness (QED) is 0.805. The van der Waals surface area contributed by atoms with Gasteiger partial charge in [-0.25, -0.2) is 0 Å². The van der Waals surface area contributed by atoms with Crippen molar-refractivity contribution in [2.75, 3.05) is 13.1 Å². The molecule has 6 nitrogen and oxygen atoms in total. The Balaban J connectivity index is 1.50. The highest BCUT2D eigenvalue weighted by atomic mass is 16.5. The van der Waals surface area contributed by atoms with E-state index >= 15 is 0 Å². The van der Waals surface area contributed by atoms with Crippen LogP contribution in [0.15, 0.2) is 28.9 Å². The van der Waals surface area contributed by atoms with Crippen LogP contribution in [0.2, 0.25) is 0 Å². The molecule has 6 heteroatoms. The van der Waals surface area contributed by atoms with Crippen molar-refractivity contribution < 1.29 is 9.32 Å². The molecule has 0 N–H and O–H groups in total. The van der Waals surface area contributed by atoms with E-state index in [0.717, 1.165) is 43.7 Å². The van der Waals surface area contributed by atoms with Crippen molar-refractivity contribution in [3.8, 4) is 0 Å². The van der Waals surface area contributed by atoms with Gasteiger partial charge in [-0.05, 0) is 37.8 Å². The standard InChI is InChI=1S/C19H26N4O2/c1-14(2)19-21-18(22-25-19)15-7-6-12-23(13-15)17(24)10-5-9-16-8-3-4-11-20-16/h3-4,8,11,14-15H,5-7,9-10,12-13H2,1-2H3/t15-/m1/s1. The molecular weight excluding hydrogens is 316 g/mol. The molecule has 0 spiro atoms. The van der Waals surface area contributed by atoms with Crippen LogP contribution in [0, 0.1) is 0 Å². The van der Waals surface area contributed by atoms with E-state index in [-0.39, 0.29) is 17.7 Å². The van der Waals surface area contributed by atoms with E-state index in [4.69, 9.17) is 4.52 Å². The van der Waals surface area contributed by atoms with Crippen LogP contribution in [0.25, 0.3) is 0 Å². The van der Waals surface area contributed by atoms with Crippen molar-refractivity contribution in [3.63, 3.8) is 0 Å². The van der Waals surface area contributed by atoms with Gasteiger partial charge in [0.1, 0.15) is 0 Å². The number of aromatic nitrogens is 3. The second-order valence-electron chi connectivity index (χ2n) is 7.00. The lowest BCUT2D eigenvalue weighted by Crippen LogP contribution is -2.39. The maximum absolute atomic E-state index is 12.5. The Morgan fingerprint density at radius 1 is 1.40 bits per heavy atom. The number of pyridine rings is 1. The van der Waals surface area contributed by atoms with Gasteiger partial charge in [-0.3, -0.25) is 9.78 Å². The first-order chi connectivity index (χ1) is 12.1. The summed E-state index contributed by atoms with van der Waals surface area (Å²) in [7, 11) is 0. The van der Waals surface area contributed by atoms with Gasteiger partial charge in [0.2, 0.25) is 11.8 Å². The number of nitrogens with zero attached hydrogens (tertiary/aromatic N) is 4. The van der Waals surface area contributed by atoms with Gasteiger partial charge < -0.3 is 9.42 Å². The molecule has 2 aromatic heterocycles. The summed E-state index contributed by atoms with van der Waals surface area (Å²) in [5.74, 6) is 2.05. The van der Waals surface area contributed by atoms with Crippen molar-refractivity contribution in [3.05, 3.63) is 41.8 Å². The van der Waals surface area contributed by atoms with Gasteiger partial charge in [-0.2, -0.15) is 4.98 Å². The van der Waals surface area contributed by atoms with E-state index in [1.165, 1.54) is 0 Å². The SMILES string of the molecule is CC(C)c1nc([C@@H]2CCCN(C(=O)CCCc3ccccn3)C2)no1. The van der Waals surface area contributed by atoms with Crippen LogP contribution in [0.3, 0.4) is 0 Å². The van der Waals surface area contributed by atoms with Crippen molar-refractivity contribution in [2.24, 2.45) is 0 Å². The van der Waals surface area contributed by atoms with Gasteiger partial charge in [0.25, 0.3) is 0 Å². The number of hydrogen-bond donors (Lipinski definition) is 0. The van der Waals surface area contributed by atoms with Crippen LogP contribution in [0.1, 0.15) is 68.8 Å². The fourth-order valence-corrected chi connectivity index (χ4v) is 3.19. The number of carbonyl (C=O) groups excluding carboxylic acids is 1. The first-order valence-electron chi connectivity index (χ1n) is 9.14. The largest absolute Gasteiger partial charge is 0.342 e. The first kappa shape index (κ1) is 17.6. The second-order valence-corrected chi connectivity index (χ2v) is 7.00. The zero-order valence-corrected chi connectivity index (χ0v) is 15.0. The molecule has 3 rings (SSSR count). The summed E-state index contributed by atoms with van der Waals surface area (Å²) >= 11 is 0. The van der Waals surface area contributed by atoms with Crippen molar-refractivity contribution in [1.82, 2.24) is 20.0 Å². The molecule has 0 aromatic carbocycles. The predicted octanol–water partition coefficient (Wildman–Crippen LogP) is 3.32. The van der Waals surface area contributed by atoms with Crippen LogP contribution >= 0.6 is 0 Å². The number of rotatable bonds is 6. The zero-order chi connectivity index (χ0) is 17.6. The van der Waals surface area contributed by atoms with Crippen molar-refractivity contribution in [1.29, 1.82) is 0 Å². The molecule has 0 radical (unpaired) electrons. The van der Waals surface area contributed by atoms with Gasteiger partial charge in [0.15, 0.2) is 5.82 Å². The lowest BCUT2D eigenvalue weighted by molar-refractivity contribution is -0.132. The second kappa shape index (κ2) is 8.23. The van der Waals surface area contributed by atoms with Crippen LogP contribution in [-0.2, 0) is 11.2 Å². The Kier molecular flexibility index (Phi) is 5.79. The summed E-state index contributed by atoms with van der Waals surface area (Å²) in [6.45, 7) is 5.60. The molecular formula is C19H26N4O2. The van der Waals surface area contributed by atoms with Gasteiger partial charge in [-0.1, -0.05) is 25.1 Å². The number of carbonyl (C=O) groups is 1. The summed E-state index contributed by atoms with van der Waals surface area (Å²) < 4.78 is 5.32. The molecule has 0 unspecified atom stereocenters. The third-order valence-electron chi connectivity index (χ3n) is 4.64. The minimum absolute atomic E-state index is 0.185. The molecule has 1 fully saturated rings. The molecule has 0 saturated carbocycles. The van der Waals surface area contributed by atoms with Crippen LogP contribution < -0.4 is 0 Å². The Morgan fingerprint density at radius 3 is 3.00 bits per heavy atom. The van der Waals surface area contributed by atoms with Crippen LogP contribution in [0.5, 0.6) is 0 Å². The molecule has 1 saturated heterocycles. The first-order valence-corrected chi connectivity index (χ1v) is 9.14. The van der Waals surface area contributed by atoms with Crippen molar-refractivity contribution >= 4 is 5.91 Å². The molecule has 1 atom stereocenters. The highest BCUT2D eigenvalue weighted by Gasteiger charge is 2.28. The smallest absolute Gasteiger partial charge is 0.229 e. The monoisotopic (exact) mass is 342 g/mol. The number of amides is 1.